The van der Waals surface area contributed by atoms with E-state index in [9.17, 15) is 14.9 Å². The summed E-state index contributed by atoms with van der Waals surface area (Å²) in [5.41, 5.74) is 0.461. The van der Waals surface area contributed by atoms with Crippen LogP contribution in [0, 0.1) is 17.0 Å². The molecule has 0 spiro atoms. The van der Waals surface area contributed by atoms with E-state index < -0.39 is 4.92 Å². The molecule has 9 nitrogen and oxygen atoms in total. The van der Waals surface area contributed by atoms with Crippen molar-refractivity contribution in [1.29, 1.82) is 0 Å². The minimum absolute atomic E-state index is 0.0661. The van der Waals surface area contributed by atoms with Gasteiger partial charge in [-0.05, 0) is 19.4 Å². The van der Waals surface area contributed by atoms with Gasteiger partial charge in [-0.2, -0.15) is 5.10 Å². The highest BCUT2D eigenvalue weighted by Gasteiger charge is 2.19. The van der Waals surface area contributed by atoms with Crippen molar-refractivity contribution in [3.8, 4) is 0 Å². The van der Waals surface area contributed by atoms with E-state index in [1.54, 1.807) is 48.9 Å². The van der Waals surface area contributed by atoms with Gasteiger partial charge in [-0.15, -0.1) is 0 Å². The largest absolute Gasteiger partial charge is 0.349 e. The summed E-state index contributed by atoms with van der Waals surface area (Å²) in [5.74, 6) is 0.697. The Morgan fingerprint density at radius 1 is 1.42 bits per heavy atom. The minimum Gasteiger partial charge on any atom is -0.349 e. The molecular formula is C15H20N6O3. The maximum Gasteiger partial charge on any atom is 0.314 e. The highest BCUT2D eigenvalue weighted by molar-refractivity contribution is 5.75. The number of nitrogens with zero attached hydrogens (tertiary/aromatic N) is 5. The number of hydrogen-bond acceptors (Lipinski definition) is 6. The number of amides is 1. The molecule has 2 aromatic rings. The lowest BCUT2D eigenvalue weighted by Gasteiger charge is -2.09. The van der Waals surface area contributed by atoms with Crippen molar-refractivity contribution in [2.24, 2.45) is 0 Å². The Morgan fingerprint density at radius 2 is 2.17 bits per heavy atom. The number of nitro groups is 1. The first-order valence-electron chi connectivity index (χ1n) is 7.49. The molecule has 0 aliphatic carbocycles. The molecule has 1 amide bonds. The predicted octanol–water partition coefficient (Wildman–Crippen LogP) is 2.11. The van der Waals surface area contributed by atoms with E-state index in [0.29, 0.717) is 30.8 Å². The lowest BCUT2D eigenvalue weighted by molar-refractivity contribution is -0.384. The van der Waals surface area contributed by atoms with E-state index >= 15 is 0 Å². The molecular weight excluding hydrogens is 312 g/mol. The topological polar surface area (TPSA) is 106 Å². The second-order valence-electron chi connectivity index (χ2n) is 5.56. The van der Waals surface area contributed by atoms with Crippen LogP contribution in [0.5, 0.6) is 0 Å². The van der Waals surface area contributed by atoms with Gasteiger partial charge in [0.2, 0.25) is 11.7 Å². The van der Waals surface area contributed by atoms with Gasteiger partial charge >= 0.3 is 5.69 Å². The van der Waals surface area contributed by atoms with E-state index in [2.05, 4.69) is 15.4 Å². The SMILES string of the molecule is Cc1ccnc(Nc2ccn(CCCC(=O)N(C)C)n2)c1[N+](=O)[O-]. The first-order chi connectivity index (χ1) is 11.4. The number of rotatable bonds is 7. The van der Waals surface area contributed by atoms with Crippen molar-refractivity contribution in [3.05, 3.63) is 40.2 Å². The Bertz CT molecular complexity index is 741. The number of aryl methyl sites for hydroxylation is 2. The smallest absolute Gasteiger partial charge is 0.314 e. The van der Waals surface area contributed by atoms with Crippen LogP contribution >= 0.6 is 0 Å². The molecule has 0 bridgehead atoms. The number of anilines is 2. The Morgan fingerprint density at radius 3 is 2.83 bits per heavy atom. The molecule has 1 N–H and O–H groups in total. The van der Waals surface area contributed by atoms with Crippen LogP contribution in [0.2, 0.25) is 0 Å². The van der Waals surface area contributed by atoms with Crippen molar-refractivity contribution < 1.29 is 9.72 Å². The number of carbonyl (C=O) groups is 1. The molecule has 0 saturated heterocycles. The quantitative estimate of drug-likeness (QED) is 0.615. The lowest BCUT2D eigenvalue weighted by Crippen LogP contribution is -2.21. The molecule has 0 fully saturated rings. The van der Waals surface area contributed by atoms with Crippen LogP contribution in [0.15, 0.2) is 24.5 Å². The summed E-state index contributed by atoms with van der Waals surface area (Å²) < 4.78 is 1.69. The maximum atomic E-state index is 11.5. The Labute approximate surface area is 139 Å². The highest BCUT2D eigenvalue weighted by Crippen LogP contribution is 2.27. The van der Waals surface area contributed by atoms with Gasteiger partial charge in [0.15, 0.2) is 5.82 Å². The summed E-state index contributed by atoms with van der Waals surface area (Å²) in [6, 6.07) is 3.30. The van der Waals surface area contributed by atoms with Gasteiger partial charge in [0.1, 0.15) is 0 Å². The fraction of sp³-hybridized carbons (Fsp3) is 0.400. The van der Waals surface area contributed by atoms with Gasteiger partial charge in [0, 0.05) is 51.1 Å². The average Bonchev–Trinajstić information content (AvgIpc) is 2.94. The van der Waals surface area contributed by atoms with Crippen molar-refractivity contribution in [2.75, 3.05) is 19.4 Å². The number of nitrogens with one attached hydrogen (secondary N) is 1. The standard InChI is InChI=1S/C15H20N6O3/c1-11-6-8-16-15(14(11)21(23)24)17-12-7-10-20(18-12)9-4-5-13(22)19(2)3/h6-8,10H,4-5,9H2,1-3H3,(H,16,17,18). The molecule has 0 aliphatic rings. The summed E-state index contributed by atoms with van der Waals surface area (Å²) in [6.45, 7) is 2.25. The van der Waals surface area contributed by atoms with Crippen molar-refractivity contribution >= 4 is 23.2 Å². The van der Waals surface area contributed by atoms with Gasteiger partial charge in [-0.25, -0.2) is 4.98 Å². The zero-order valence-electron chi connectivity index (χ0n) is 13.9. The Hall–Kier alpha value is -2.97. The maximum absolute atomic E-state index is 11.5. The minimum atomic E-state index is -0.464. The fourth-order valence-electron chi connectivity index (χ4n) is 2.16. The van der Waals surface area contributed by atoms with Crippen molar-refractivity contribution in [1.82, 2.24) is 19.7 Å². The molecule has 2 heterocycles. The monoisotopic (exact) mass is 332 g/mol. The molecule has 0 atom stereocenters. The molecule has 0 aromatic carbocycles. The number of pyridine rings is 1. The van der Waals surface area contributed by atoms with Crippen LogP contribution < -0.4 is 5.32 Å². The van der Waals surface area contributed by atoms with Crippen LogP contribution in [-0.4, -0.2) is 44.6 Å². The van der Waals surface area contributed by atoms with Crippen molar-refractivity contribution in [2.45, 2.75) is 26.3 Å². The predicted molar refractivity (Wildman–Crippen MR) is 89.1 cm³/mol. The van der Waals surface area contributed by atoms with E-state index in [-0.39, 0.29) is 17.4 Å². The van der Waals surface area contributed by atoms with Gasteiger partial charge in [-0.3, -0.25) is 19.6 Å². The molecule has 9 heteroatoms. The number of carbonyl (C=O) groups excluding carboxylic acids is 1. The first kappa shape index (κ1) is 17.4. The Balaban J connectivity index is 2.01. The van der Waals surface area contributed by atoms with Crippen LogP contribution in [0.4, 0.5) is 17.3 Å². The molecule has 128 valence electrons. The summed E-state index contributed by atoms with van der Waals surface area (Å²) in [6.07, 6.45) is 4.38. The summed E-state index contributed by atoms with van der Waals surface area (Å²) in [7, 11) is 3.44. The zero-order valence-corrected chi connectivity index (χ0v) is 13.9. The van der Waals surface area contributed by atoms with E-state index in [4.69, 9.17) is 0 Å². The molecule has 0 radical (unpaired) electrons. The molecule has 0 unspecified atom stereocenters. The Kier molecular flexibility index (Phi) is 5.46. The summed E-state index contributed by atoms with van der Waals surface area (Å²) in [4.78, 5) is 27.8. The normalized spacial score (nSPS) is 10.5. The van der Waals surface area contributed by atoms with Gasteiger partial charge in [0.05, 0.1) is 4.92 Å². The molecule has 0 saturated carbocycles. The van der Waals surface area contributed by atoms with E-state index in [1.807, 2.05) is 0 Å². The van der Waals surface area contributed by atoms with Crippen LogP contribution in [0.3, 0.4) is 0 Å². The van der Waals surface area contributed by atoms with E-state index in [0.717, 1.165) is 0 Å². The lowest BCUT2D eigenvalue weighted by atomic mass is 10.2. The van der Waals surface area contributed by atoms with Crippen LogP contribution in [-0.2, 0) is 11.3 Å². The summed E-state index contributed by atoms with van der Waals surface area (Å²) >= 11 is 0. The zero-order chi connectivity index (χ0) is 17.7. The second kappa shape index (κ2) is 7.53. The third-order valence-corrected chi connectivity index (χ3v) is 3.47. The fourth-order valence-corrected chi connectivity index (χ4v) is 2.16. The molecule has 24 heavy (non-hydrogen) atoms. The van der Waals surface area contributed by atoms with Crippen LogP contribution in [0.25, 0.3) is 0 Å². The van der Waals surface area contributed by atoms with Crippen LogP contribution in [0.1, 0.15) is 18.4 Å². The first-order valence-corrected chi connectivity index (χ1v) is 7.49. The van der Waals surface area contributed by atoms with Crippen molar-refractivity contribution in [3.63, 3.8) is 0 Å². The molecule has 0 aliphatic heterocycles. The van der Waals surface area contributed by atoms with Gasteiger partial charge in [0.25, 0.3) is 0 Å². The van der Waals surface area contributed by atoms with Gasteiger partial charge < -0.3 is 10.2 Å². The third kappa shape index (κ3) is 4.28. The average molecular weight is 332 g/mol. The summed E-state index contributed by atoms with van der Waals surface area (Å²) in [5, 5.41) is 18.3. The van der Waals surface area contributed by atoms with Gasteiger partial charge in [-0.1, -0.05) is 0 Å². The molecule has 2 rings (SSSR count). The number of hydrogen-bond donors (Lipinski definition) is 1. The number of aromatic nitrogens is 3. The molecule has 2 aromatic heterocycles. The highest BCUT2D eigenvalue weighted by atomic mass is 16.6. The second-order valence-corrected chi connectivity index (χ2v) is 5.56. The third-order valence-electron chi connectivity index (χ3n) is 3.47. The van der Waals surface area contributed by atoms with E-state index in [1.165, 1.54) is 6.20 Å².